The van der Waals surface area contributed by atoms with Gasteiger partial charge in [0.05, 0.1) is 21.8 Å². The van der Waals surface area contributed by atoms with Crippen LogP contribution in [0.2, 0.25) is 10.3 Å². The second-order valence-electron chi connectivity index (χ2n) is 5.53. The van der Waals surface area contributed by atoms with E-state index < -0.39 is 9.84 Å². The van der Waals surface area contributed by atoms with E-state index in [2.05, 4.69) is 15.0 Å². The van der Waals surface area contributed by atoms with Gasteiger partial charge in [0.25, 0.3) is 0 Å². The third-order valence-electron chi connectivity index (χ3n) is 3.95. The predicted molar refractivity (Wildman–Crippen MR) is 101 cm³/mol. The van der Waals surface area contributed by atoms with Gasteiger partial charge in [0.1, 0.15) is 5.03 Å². The van der Waals surface area contributed by atoms with Crippen LogP contribution in [0.1, 0.15) is 0 Å². The van der Waals surface area contributed by atoms with Crippen LogP contribution in [-0.4, -0.2) is 23.4 Å². The highest BCUT2D eigenvalue weighted by atomic mass is 35.5. The molecule has 1 N–H and O–H groups in total. The van der Waals surface area contributed by atoms with Gasteiger partial charge in [0.2, 0.25) is 15.1 Å². The van der Waals surface area contributed by atoms with Gasteiger partial charge in [-0.2, -0.15) is 0 Å². The largest absolute Gasteiger partial charge is 0.345 e. The van der Waals surface area contributed by atoms with Gasteiger partial charge in [-0.15, -0.1) is 0 Å². The molecule has 0 fully saturated rings. The Balaban J connectivity index is 2.10. The van der Waals surface area contributed by atoms with Gasteiger partial charge in [0, 0.05) is 16.5 Å². The summed E-state index contributed by atoms with van der Waals surface area (Å²) in [6, 6.07) is 15.4. The Morgan fingerprint density at radius 3 is 2.38 bits per heavy atom. The molecule has 130 valence electrons. The Labute approximate surface area is 159 Å². The number of benzene rings is 2. The highest BCUT2D eigenvalue weighted by Gasteiger charge is 2.28. The fourth-order valence-electron chi connectivity index (χ4n) is 2.79. The number of fused-ring (bicyclic) bond motifs is 1. The first kappa shape index (κ1) is 17.0. The molecule has 0 spiro atoms. The molecular formula is C18H11Cl2N3O2S. The lowest BCUT2D eigenvalue weighted by atomic mass is 10.1. The van der Waals surface area contributed by atoms with Crippen molar-refractivity contribution in [2.24, 2.45) is 0 Å². The van der Waals surface area contributed by atoms with Crippen molar-refractivity contribution >= 4 is 43.9 Å². The molecule has 5 nitrogen and oxygen atoms in total. The van der Waals surface area contributed by atoms with Gasteiger partial charge < -0.3 is 4.98 Å². The second kappa shape index (κ2) is 6.39. The molecule has 0 amide bonds. The molecule has 0 aliphatic heterocycles. The molecule has 0 bridgehead atoms. The molecule has 4 aromatic rings. The zero-order valence-corrected chi connectivity index (χ0v) is 15.5. The molecule has 0 saturated carbocycles. The fraction of sp³-hybridized carbons (Fsp3) is 0. The molecule has 0 saturated heterocycles. The van der Waals surface area contributed by atoms with E-state index in [9.17, 15) is 8.42 Å². The molecular weight excluding hydrogens is 393 g/mol. The van der Waals surface area contributed by atoms with E-state index in [1.807, 2.05) is 12.1 Å². The van der Waals surface area contributed by atoms with Crippen molar-refractivity contribution in [2.75, 3.05) is 0 Å². The highest BCUT2D eigenvalue weighted by Crippen LogP contribution is 2.39. The van der Waals surface area contributed by atoms with Crippen LogP contribution >= 0.6 is 23.2 Å². The fourth-order valence-corrected chi connectivity index (χ4v) is 4.58. The molecule has 4 rings (SSSR count). The third-order valence-corrected chi connectivity index (χ3v) is 6.14. The van der Waals surface area contributed by atoms with Crippen LogP contribution in [0.4, 0.5) is 0 Å². The van der Waals surface area contributed by atoms with Crippen molar-refractivity contribution in [3.05, 3.63) is 71.1 Å². The van der Waals surface area contributed by atoms with Crippen molar-refractivity contribution in [1.29, 1.82) is 0 Å². The summed E-state index contributed by atoms with van der Waals surface area (Å²) < 4.78 is 26.5. The van der Waals surface area contributed by atoms with Crippen molar-refractivity contribution in [2.45, 2.75) is 9.92 Å². The average molecular weight is 404 g/mol. The Morgan fingerprint density at radius 1 is 0.923 bits per heavy atom. The number of aromatic amines is 1. The standard InChI is InChI=1S/C18H11Cl2N3O2S/c19-13-10-21-18(20)23-16(13)15-12-8-4-5-9-14(12)22-17(15)26(24,25)11-6-2-1-3-7-11/h1-10,22H. The minimum atomic E-state index is -3.83. The van der Waals surface area contributed by atoms with Crippen LogP contribution < -0.4 is 0 Å². The molecule has 0 atom stereocenters. The van der Waals surface area contributed by atoms with Gasteiger partial charge in [-0.3, -0.25) is 0 Å². The Kier molecular flexibility index (Phi) is 4.19. The summed E-state index contributed by atoms with van der Waals surface area (Å²) in [6.07, 6.45) is 1.35. The van der Waals surface area contributed by atoms with E-state index >= 15 is 0 Å². The monoisotopic (exact) mass is 403 g/mol. The lowest BCUT2D eigenvalue weighted by Gasteiger charge is -2.08. The van der Waals surface area contributed by atoms with E-state index in [4.69, 9.17) is 23.2 Å². The van der Waals surface area contributed by atoms with Crippen LogP contribution in [0.25, 0.3) is 22.2 Å². The summed E-state index contributed by atoms with van der Waals surface area (Å²) in [5.74, 6) is 0. The first-order chi connectivity index (χ1) is 12.5. The number of rotatable bonds is 3. The number of aromatic nitrogens is 3. The van der Waals surface area contributed by atoms with Crippen molar-refractivity contribution in [3.8, 4) is 11.3 Å². The maximum atomic E-state index is 13.2. The Morgan fingerprint density at radius 2 is 1.62 bits per heavy atom. The highest BCUT2D eigenvalue weighted by molar-refractivity contribution is 7.91. The van der Waals surface area contributed by atoms with E-state index in [0.29, 0.717) is 16.5 Å². The maximum Gasteiger partial charge on any atom is 0.222 e. The number of hydrogen-bond donors (Lipinski definition) is 1. The third kappa shape index (κ3) is 2.76. The van der Waals surface area contributed by atoms with Crippen LogP contribution in [-0.2, 0) is 9.84 Å². The number of halogens is 2. The van der Waals surface area contributed by atoms with Crippen molar-refractivity contribution < 1.29 is 8.42 Å². The molecule has 0 radical (unpaired) electrons. The average Bonchev–Trinajstić information content (AvgIpc) is 3.05. The van der Waals surface area contributed by atoms with E-state index in [0.717, 1.165) is 0 Å². The summed E-state index contributed by atoms with van der Waals surface area (Å²) >= 11 is 12.2. The number of nitrogens with zero attached hydrogens (tertiary/aromatic N) is 2. The van der Waals surface area contributed by atoms with Gasteiger partial charge >= 0.3 is 0 Å². The minimum Gasteiger partial charge on any atom is -0.345 e. The topological polar surface area (TPSA) is 75.7 Å². The summed E-state index contributed by atoms with van der Waals surface area (Å²) in [4.78, 5) is 11.2. The summed E-state index contributed by atoms with van der Waals surface area (Å²) in [5.41, 5.74) is 1.29. The van der Waals surface area contributed by atoms with Crippen LogP contribution in [0, 0.1) is 0 Å². The number of nitrogens with one attached hydrogen (secondary N) is 1. The molecule has 0 aliphatic rings. The maximum absolute atomic E-state index is 13.2. The minimum absolute atomic E-state index is 0.0153. The summed E-state index contributed by atoms with van der Waals surface area (Å²) in [6.45, 7) is 0. The normalized spacial score (nSPS) is 11.8. The van der Waals surface area contributed by atoms with Crippen LogP contribution in [0.5, 0.6) is 0 Å². The molecule has 2 aromatic carbocycles. The molecule has 0 unspecified atom stereocenters. The number of para-hydroxylation sites is 1. The van der Waals surface area contributed by atoms with Crippen molar-refractivity contribution in [3.63, 3.8) is 0 Å². The Bertz CT molecular complexity index is 1220. The number of hydrogen-bond acceptors (Lipinski definition) is 4. The molecule has 0 aliphatic carbocycles. The first-order valence-electron chi connectivity index (χ1n) is 7.58. The van der Waals surface area contributed by atoms with Crippen LogP contribution in [0.15, 0.2) is 70.7 Å². The first-order valence-corrected chi connectivity index (χ1v) is 9.81. The smallest absolute Gasteiger partial charge is 0.222 e. The molecule has 2 heterocycles. The zero-order chi connectivity index (χ0) is 18.3. The summed E-state index contributed by atoms with van der Waals surface area (Å²) in [5, 5.41) is 0.890. The molecule has 8 heteroatoms. The van der Waals surface area contributed by atoms with E-state index in [1.54, 1.807) is 42.5 Å². The Hall–Kier alpha value is -2.41. The lowest BCUT2D eigenvalue weighted by molar-refractivity contribution is 0.593. The second-order valence-corrected chi connectivity index (χ2v) is 8.16. The quantitative estimate of drug-likeness (QED) is 0.500. The van der Waals surface area contributed by atoms with E-state index in [-0.39, 0.29) is 25.9 Å². The molecule has 2 aromatic heterocycles. The lowest BCUT2D eigenvalue weighted by Crippen LogP contribution is -2.04. The van der Waals surface area contributed by atoms with Gasteiger partial charge in [-0.25, -0.2) is 18.4 Å². The van der Waals surface area contributed by atoms with Gasteiger partial charge in [-0.05, 0) is 29.8 Å². The number of H-pyrrole nitrogens is 1. The predicted octanol–water partition coefficient (Wildman–Crippen LogP) is 4.76. The number of sulfone groups is 1. The van der Waals surface area contributed by atoms with Gasteiger partial charge in [0.15, 0.2) is 0 Å². The molecule has 26 heavy (non-hydrogen) atoms. The zero-order valence-electron chi connectivity index (χ0n) is 13.1. The van der Waals surface area contributed by atoms with E-state index in [1.165, 1.54) is 6.20 Å². The SMILES string of the molecule is O=S(=O)(c1ccccc1)c1[nH]c2ccccc2c1-c1nc(Cl)ncc1Cl. The van der Waals surface area contributed by atoms with Gasteiger partial charge in [-0.1, -0.05) is 48.0 Å². The van der Waals surface area contributed by atoms with Crippen LogP contribution in [0.3, 0.4) is 0 Å². The van der Waals surface area contributed by atoms with Crippen molar-refractivity contribution in [1.82, 2.24) is 15.0 Å². The summed E-state index contributed by atoms with van der Waals surface area (Å²) in [7, 11) is -3.83.